The number of rotatable bonds is 5. The van der Waals surface area contributed by atoms with E-state index in [4.69, 9.17) is 10.5 Å². The van der Waals surface area contributed by atoms with E-state index < -0.39 is 0 Å². The number of likely N-dealkylation sites (tertiary alicyclic amines) is 1. The minimum Gasteiger partial charge on any atom is -0.488 e. The number of nitrogens with zero attached hydrogens (tertiary/aromatic N) is 1. The molecule has 0 saturated carbocycles. The molecule has 1 aromatic carbocycles. The third kappa shape index (κ3) is 2.93. The van der Waals surface area contributed by atoms with Gasteiger partial charge in [-0.3, -0.25) is 4.90 Å². The molecule has 2 unspecified atom stereocenters. The molecule has 2 N–H and O–H groups in total. The molecular weight excluding hydrogens is 236 g/mol. The van der Waals surface area contributed by atoms with E-state index in [0.29, 0.717) is 6.10 Å². The van der Waals surface area contributed by atoms with Crippen LogP contribution in [0.25, 0.3) is 0 Å². The first-order valence-electron chi connectivity index (χ1n) is 7.55. The van der Waals surface area contributed by atoms with Crippen LogP contribution in [-0.4, -0.2) is 36.7 Å². The first-order valence-corrected chi connectivity index (χ1v) is 7.55. The van der Waals surface area contributed by atoms with Crippen molar-refractivity contribution in [2.45, 2.75) is 44.2 Å². The number of benzene rings is 1. The van der Waals surface area contributed by atoms with E-state index in [1.54, 1.807) is 0 Å². The van der Waals surface area contributed by atoms with Crippen LogP contribution in [0.15, 0.2) is 24.3 Å². The fourth-order valence-electron chi connectivity index (χ4n) is 3.43. The predicted octanol–water partition coefficient (Wildman–Crippen LogP) is 2.19. The Hall–Kier alpha value is -1.06. The molecule has 3 nitrogen and oxygen atoms in total. The number of hydrogen-bond donors (Lipinski definition) is 1. The highest BCUT2D eigenvalue weighted by Crippen LogP contribution is 2.30. The summed E-state index contributed by atoms with van der Waals surface area (Å²) in [6.07, 6.45) is 6.46. The number of para-hydroxylation sites is 1. The largest absolute Gasteiger partial charge is 0.488 e. The van der Waals surface area contributed by atoms with Crippen LogP contribution in [-0.2, 0) is 6.42 Å². The van der Waals surface area contributed by atoms with Gasteiger partial charge in [0.05, 0.1) is 0 Å². The van der Waals surface area contributed by atoms with Crippen molar-refractivity contribution in [3.63, 3.8) is 0 Å². The van der Waals surface area contributed by atoms with E-state index in [-0.39, 0.29) is 0 Å². The van der Waals surface area contributed by atoms with Crippen LogP contribution in [0.2, 0.25) is 0 Å². The van der Waals surface area contributed by atoms with Crippen molar-refractivity contribution >= 4 is 0 Å². The maximum Gasteiger partial charge on any atom is 0.123 e. The molecule has 1 aromatic rings. The second-order valence-electron chi connectivity index (χ2n) is 5.77. The number of hydrogen-bond acceptors (Lipinski definition) is 3. The van der Waals surface area contributed by atoms with Crippen LogP contribution < -0.4 is 10.5 Å². The molecule has 0 aliphatic carbocycles. The number of nitrogens with two attached hydrogens (primary N) is 1. The summed E-state index contributed by atoms with van der Waals surface area (Å²) in [7, 11) is 0. The zero-order valence-electron chi connectivity index (χ0n) is 11.6. The van der Waals surface area contributed by atoms with Gasteiger partial charge in [-0.25, -0.2) is 0 Å². The van der Waals surface area contributed by atoms with Gasteiger partial charge in [0, 0.05) is 19.0 Å². The third-order valence-corrected chi connectivity index (χ3v) is 4.39. The molecule has 0 spiro atoms. The van der Waals surface area contributed by atoms with Crippen molar-refractivity contribution in [2.24, 2.45) is 5.73 Å². The fourth-order valence-corrected chi connectivity index (χ4v) is 3.43. The van der Waals surface area contributed by atoms with Crippen LogP contribution in [0.1, 0.15) is 31.2 Å². The van der Waals surface area contributed by atoms with E-state index in [0.717, 1.165) is 37.7 Å². The van der Waals surface area contributed by atoms with Gasteiger partial charge in [-0.2, -0.15) is 0 Å². The Balaban J connectivity index is 1.55. The Bertz CT molecular complexity index is 396. The lowest BCUT2D eigenvalue weighted by Crippen LogP contribution is -2.38. The summed E-state index contributed by atoms with van der Waals surface area (Å²) in [5, 5.41) is 0. The second-order valence-corrected chi connectivity index (χ2v) is 5.77. The molecule has 2 aliphatic rings. The highest BCUT2D eigenvalue weighted by atomic mass is 16.5. The van der Waals surface area contributed by atoms with Crippen molar-refractivity contribution in [3.05, 3.63) is 29.8 Å². The molecule has 0 radical (unpaired) electrons. The molecule has 1 saturated heterocycles. The normalized spacial score (nSPS) is 26.4. The molecule has 1 fully saturated rings. The molecule has 0 aromatic heterocycles. The van der Waals surface area contributed by atoms with Crippen molar-refractivity contribution in [2.75, 3.05) is 19.6 Å². The summed E-state index contributed by atoms with van der Waals surface area (Å²) in [6.45, 7) is 3.12. The molecule has 3 heteroatoms. The first-order chi connectivity index (χ1) is 9.36. The van der Waals surface area contributed by atoms with E-state index in [1.807, 2.05) is 0 Å². The smallest absolute Gasteiger partial charge is 0.123 e. The van der Waals surface area contributed by atoms with Gasteiger partial charge in [-0.15, -0.1) is 0 Å². The topological polar surface area (TPSA) is 38.5 Å². The van der Waals surface area contributed by atoms with Gasteiger partial charge in [0.25, 0.3) is 0 Å². The summed E-state index contributed by atoms with van der Waals surface area (Å²) >= 11 is 0. The number of ether oxygens (including phenoxy) is 1. The van der Waals surface area contributed by atoms with E-state index >= 15 is 0 Å². The van der Waals surface area contributed by atoms with Gasteiger partial charge in [0.15, 0.2) is 0 Å². The fraction of sp³-hybridized carbons (Fsp3) is 0.625. The molecule has 2 aliphatic heterocycles. The van der Waals surface area contributed by atoms with Gasteiger partial charge < -0.3 is 10.5 Å². The maximum absolute atomic E-state index is 6.06. The van der Waals surface area contributed by atoms with Crippen molar-refractivity contribution in [1.29, 1.82) is 0 Å². The molecule has 0 bridgehead atoms. The first kappa shape index (κ1) is 12.9. The highest BCUT2D eigenvalue weighted by Gasteiger charge is 2.30. The Morgan fingerprint density at radius 2 is 2.21 bits per heavy atom. The minimum absolute atomic E-state index is 0.343. The molecule has 2 atom stereocenters. The van der Waals surface area contributed by atoms with E-state index in [2.05, 4.69) is 29.2 Å². The Morgan fingerprint density at radius 1 is 1.32 bits per heavy atom. The quantitative estimate of drug-likeness (QED) is 0.882. The molecule has 2 heterocycles. The lowest BCUT2D eigenvalue weighted by atomic mass is 10.1. The molecule has 104 valence electrons. The van der Waals surface area contributed by atoms with Gasteiger partial charge in [-0.1, -0.05) is 18.2 Å². The Kier molecular flexibility index (Phi) is 4.04. The average Bonchev–Trinajstić information content (AvgIpc) is 3.02. The zero-order valence-corrected chi connectivity index (χ0v) is 11.6. The molecule has 19 heavy (non-hydrogen) atoms. The Labute approximate surface area is 115 Å². The lowest BCUT2D eigenvalue weighted by molar-refractivity contribution is 0.137. The second kappa shape index (κ2) is 5.93. The SMILES string of the molecule is NCCCC1CCCN1CC1Cc2ccccc2O1. The van der Waals surface area contributed by atoms with Crippen LogP contribution in [0.4, 0.5) is 0 Å². The summed E-state index contributed by atoms with van der Waals surface area (Å²) in [5.41, 5.74) is 7.00. The summed E-state index contributed by atoms with van der Waals surface area (Å²) in [4.78, 5) is 2.62. The van der Waals surface area contributed by atoms with Gasteiger partial charge >= 0.3 is 0 Å². The Morgan fingerprint density at radius 3 is 3.05 bits per heavy atom. The van der Waals surface area contributed by atoms with Crippen LogP contribution >= 0.6 is 0 Å². The lowest BCUT2D eigenvalue weighted by Gasteiger charge is -2.26. The average molecular weight is 260 g/mol. The van der Waals surface area contributed by atoms with Crippen molar-refractivity contribution in [3.8, 4) is 5.75 Å². The summed E-state index contributed by atoms with van der Waals surface area (Å²) in [6, 6.07) is 9.16. The highest BCUT2D eigenvalue weighted by molar-refractivity contribution is 5.37. The zero-order chi connectivity index (χ0) is 13.1. The van der Waals surface area contributed by atoms with Gasteiger partial charge in [-0.05, 0) is 50.4 Å². The predicted molar refractivity (Wildman–Crippen MR) is 77.4 cm³/mol. The van der Waals surface area contributed by atoms with Crippen LogP contribution in [0.3, 0.4) is 0 Å². The minimum atomic E-state index is 0.343. The van der Waals surface area contributed by atoms with E-state index in [9.17, 15) is 0 Å². The maximum atomic E-state index is 6.06. The summed E-state index contributed by atoms with van der Waals surface area (Å²) in [5.74, 6) is 1.09. The van der Waals surface area contributed by atoms with Crippen molar-refractivity contribution < 1.29 is 4.74 Å². The van der Waals surface area contributed by atoms with Crippen LogP contribution in [0, 0.1) is 0 Å². The van der Waals surface area contributed by atoms with Gasteiger partial charge in [0.2, 0.25) is 0 Å². The monoisotopic (exact) mass is 260 g/mol. The third-order valence-electron chi connectivity index (χ3n) is 4.39. The molecule has 0 amide bonds. The standard InChI is InChI=1S/C16H24N2O/c17-9-3-6-14-7-4-10-18(14)12-15-11-13-5-1-2-8-16(13)19-15/h1-2,5,8,14-15H,3-4,6-7,9-12,17H2. The van der Waals surface area contributed by atoms with Crippen molar-refractivity contribution in [1.82, 2.24) is 4.90 Å². The van der Waals surface area contributed by atoms with Gasteiger partial charge in [0.1, 0.15) is 11.9 Å². The molecule has 3 rings (SSSR count). The van der Waals surface area contributed by atoms with E-state index in [1.165, 1.54) is 31.4 Å². The molecular formula is C16H24N2O. The number of fused-ring (bicyclic) bond motifs is 1. The van der Waals surface area contributed by atoms with Crippen LogP contribution in [0.5, 0.6) is 5.75 Å². The summed E-state index contributed by atoms with van der Waals surface area (Å²) < 4.78 is 6.06.